The maximum atomic E-state index is 7.41. The number of thiol groups is 1. The number of benzene rings is 2. The fraction of sp³-hybridized carbons (Fsp3) is 0.320. The van der Waals surface area contributed by atoms with Gasteiger partial charge >= 0.3 is 0 Å². The van der Waals surface area contributed by atoms with E-state index in [0.717, 1.165) is 34.9 Å². The molecule has 1 aliphatic rings. The highest BCUT2D eigenvalue weighted by atomic mass is 32.1. The van der Waals surface area contributed by atoms with Crippen LogP contribution in [-0.2, 0) is 6.54 Å². The summed E-state index contributed by atoms with van der Waals surface area (Å²) in [5.41, 5.74) is 8.81. The molecule has 0 aliphatic carbocycles. The number of nitrogens with two attached hydrogens (primary N) is 1. The second kappa shape index (κ2) is 10.1. The third-order valence-corrected chi connectivity index (χ3v) is 5.89. The van der Waals surface area contributed by atoms with Gasteiger partial charge in [-0.3, -0.25) is 0 Å². The number of fused-ring (bicyclic) bond motifs is 1. The van der Waals surface area contributed by atoms with E-state index in [1.54, 1.807) is 7.11 Å². The van der Waals surface area contributed by atoms with E-state index in [1.165, 1.54) is 29.7 Å². The van der Waals surface area contributed by atoms with Crippen LogP contribution in [-0.4, -0.2) is 30.0 Å². The summed E-state index contributed by atoms with van der Waals surface area (Å²) in [6, 6.07) is 16.0. The number of hydrogen-bond acceptors (Lipinski definition) is 5. The van der Waals surface area contributed by atoms with Gasteiger partial charge in [0, 0.05) is 58.6 Å². The minimum atomic E-state index is 0.256. The minimum absolute atomic E-state index is 0.256. The van der Waals surface area contributed by atoms with E-state index >= 15 is 0 Å². The molecule has 1 fully saturated rings. The van der Waals surface area contributed by atoms with Gasteiger partial charge in [-0.15, -0.1) is 12.6 Å². The molecule has 1 aliphatic heterocycles. The van der Waals surface area contributed by atoms with Gasteiger partial charge in [-0.2, -0.15) is 0 Å². The number of nitrogens with zero attached hydrogens (tertiary/aromatic N) is 1. The Morgan fingerprint density at radius 2 is 2.10 bits per heavy atom. The molecule has 6 heteroatoms. The van der Waals surface area contributed by atoms with Crippen LogP contribution < -0.4 is 15.8 Å². The van der Waals surface area contributed by atoms with E-state index in [4.69, 9.17) is 15.9 Å². The first-order valence-electron chi connectivity index (χ1n) is 10.4. The van der Waals surface area contributed by atoms with E-state index in [0.29, 0.717) is 5.92 Å². The second-order valence-electron chi connectivity index (χ2n) is 8.54. The van der Waals surface area contributed by atoms with Crippen LogP contribution in [0.5, 0.6) is 5.75 Å². The number of nitrogens with one attached hydrogen (secondary N) is 2. The summed E-state index contributed by atoms with van der Waals surface area (Å²) in [4.78, 5) is 0.925. The number of hydrogen-bond donors (Lipinski definition) is 4. The molecule has 0 saturated carbocycles. The molecule has 164 valence electrons. The molecule has 0 radical (unpaired) electrons. The number of rotatable bonds is 5. The molecule has 4 N–H and O–H groups in total. The molecule has 2 aromatic carbocycles. The van der Waals surface area contributed by atoms with E-state index in [-0.39, 0.29) is 5.54 Å². The van der Waals surface area contributed by atoms with Crippen molar-refractivity contribution in [1.82, 2.24) is 9.88 Å². The molecular weight excluding hydrogens is 404 g/mol. The first-order valence-corrected chi connectivity index (χ1v) is 10.9. The summed E-state index contributed by atoms with van der Waals surface area (Å²) < 4.78 is 7.28. The lowest BCUT2D eigenvalue weighted by atomic mass is 9.97. The summed E-state index contributed by atoms with van der Waals surface area (Å²) in [6.45, 7) is 6.66. The second-order valence-corrected chi connectivity index (χ2v) is 9.06. The SMILES string of the molecule is CC1(C)CC(Cn2ccc3cc(/C(C=N)=C/N)ccc32)CN1.COc1cccc(S)c1. The topological polar surface area (TPSA) is 76.1 Å². The Morgan fingerprint density at radius 1 is 1.29 bits per heavy atom. The predicted molar refractivity (Wildman–Crippen MR) is 133 cm³/mol. The minimum Gasteiger partial charge on any atom is -0.497 e. The molecule has 1 saturated heterocycles. The van der Waals surface area contributed by atoms with Crippen molar-refractivity contribution < 1.29 is 4.74 Å². The van der Waals surface area contributed by atoms with Crippen LogP contribution in [0, 0.1) is 11.3 Å². The highest BCUT2D eigenvalue weighted by Crippen LogP contribution is 2.27. The summed E-state index contributed by atoms with van der Waals surface area (Å²) >= 11 is 4.13. The van der Waals surface area contributed by atoms with Gasteiger partial charge in [0.15, 0.2) is 0 Å². The van der Waals surface area contributed by atoms with E-state index in [1.807, 2.05) is 30.3 Å². The van der Waals surface area contributed by atoms with Gasteiger partial charge in [0.2, 0.25) is 0 Å². The monoisotopic (exact) mass is 436 g/mol. The summed E-state index contributed by atoms with van der Waals surface area (Å²) in [5.74, 6) is 1.52. The third kappa shape index (κ3) is 5.93. The first-order chi connectivity index (χ1) is 14.8. The summed E-state index contributed by atoms with van der Waals surface area (Å²) in [5, 5.41) is 12.2. The van der Waals surface area contributed by atoms with Crippen molar-refractivity contribution in [1.29, 1.82) is 5.41 Å². The molecule has 0 spiro atoms. The molecule has 4 rings (SSSR count). The number of allylic oxidation sites excluding steroid dienone is 1. The Morgan fingerprint density at radius 3 is 2.68 bits per heavy atom. The van der Waals surface area contributed by atoms with Crippen LogP contribution in [0.15, 0.2) is 65.8 Å². The van der Waals surface area contributed by atoms with Crippen molar-refractivity contribution in [2.45, 2.75) is 37.2 Å². The molecule has 31 heavy (non-hydrogen) atoms. The van der Waals surface area contributed by atoms with Crippen molar-refractivity contribution in [2.75, 3.05) is 13.7 Å². The van der Waals surface area contributed by atoms with Crippen molar-refractivity contribution in [3.05, 3.63) is 66.5 Å². The Labute approximate surface area is 190 Å². The van der Waals surface area contributed by atoms with Gasteiger partial charge in [0.1, 0.15) is 5.75 Å². The summed E-state index contributed by atoms with van der Waals surface area (Å²) in [7, 11) is 1.64. The molecule has 3 aromatic rings. The lowest BCUT2D eigenvalue weighted by Gasteiger charge is -2.17. The number of aromatic nitrogens is 1. The van der Waals surface area contributed by atoms with Crippen LogP contribution in [0.4, 0.5) is 0 Å². The predicted octanol–water partition coefficient (Wildman–Crippen LogP) is 4.96. The van der Waals surface area contributed by atoms with E-state index in [2.05, 4.69) is 60.8 Å². The van der Waals surface area contributed by atoms with E-state index in [9.17, 15) is 0 Å². The number of ether oxygens (including phenoxy) is 1. The van der Waals surface area contributed by atoms with Gasteiger partial charge in [0.05, 0.1) is 7.11 Å². The van der Waals surface area contributed by atoms with Crippen LogP contribution in [0.2, 0.25) is 0 Å². The smallest absolute Gasteiger partial charge is 0.119 e. The highest BCUT2D eigenvalue weighted by Gasteiger charge is 2.30. The third-order valence-electron chi connectivity index (χ3n) is 5.62. The molecule has 0 bridgehead atoms. The van der Waals surface area contributed by atoms with Gasteiger partial charge in [-0.05, 0) is 68.1 Å². The standard InChI is InChI=1S/C18H24N4.C7H8OS/c1-18(2)8-13(11-21-18)12-22-6-5-15-7-14(3-4-17(15)22)16(9-19)10-20;1-8-6-3-2-4-7(9)5-6/h3-7,9-10,13,19,21H,8,11-12,20H2,1-2H3;2-5,9H,1H3/b16-10+,19-9?;. The summed E-state index contributed by atoms with van der Waals surface area (Å²) in [6.07, 6.45) is 6.15. The van der Waals surface area contributed by atoms with Crippen molar-refractivity contribution in [3.8, 4) is 5.75 Å². The molecule has 1 aromatic heterocycles. The first kappa shape index (κ1) is 23.0. The Bertz CT molecular complexity index is 1070. The van der Waals surface area contributed by atoms with Crippen molar-refractivity contribution >= 4 is 35.3 Å². The molecule has 1 atom stereocenters. The normalized spacial score (nSPS) is 17.8. The average molecular weight is 437 g/mol. The Hall–Kier alpha value is -2.70. The van der Waals surface area contributed by atoms with E-state index < -0.39 is 0 Å². The number of methoxy groups -OCH3 is 1. The molecular formula is C25H32N4OS. The highest BCUT2D eigenvalue weighted by molar-refractivity contribution is 7.80. The Kier molecular flexibility index (Phi) is 7.46. The van der Waals surface area contributed by atoms with Gasteiger partial charge in [-0.1, -0.05) is 12.1 Å². The van der Waals surface area contributed by atoms with Crippen molar-refractivity contribution in [2.24, 2.45) is 11.7 Å². The average Bonchev–Trinajstić information content (AvgIpc) is 3.31. The zero-order valence-electron chi connectivity index (χ0n) is 18.4. The van der Waals surface area contributed by atoms with Gasteiger partial charge in [0.25, 0.3) is 0 Å². The van der Waals surface area contributed by atoms with Crippen LogP contribution in [0.25, 0.3) is 16.5 Å². The fourth-order valence-corrected chi connectivity index (χ4v) is 4.28. The lowest BCUT2D eigenvalue weighted by molar-refractivity contribution is 0.413. The van der Waals surface area contributed by atoms with Gasteiger partial charge in [-0.25, -0.2) is 0 Å². The molecule has 5 nitrogen and oxygen atoms in total. The molecule has 0 amide bonds. The fourth-order valence-electron chi connectivity index (χ4n) is 4.07. The molecule has 1 unspecified atom stereocenters. The maximum absolute atomic E-state index is 7.41. The van der Waals surface area contributed by atoms with Crippen LogP contribution >= 0.6 is 12.6 Å². The lowest BCUT2D eigenvalue weighted by Crippen LogP contribution is -2.31. The Balaban J connectivity index is 0.000000254. The quantitative estimate of drug-likeness (QED) is 0.337. The zero-order chi connectivity index (χ0) is 22.4. The van der Waals surface area contributed by atoms with Crippen LogP contribution in [0.1, 0.15) is 25.8 Å². The van der Waals surface area contributed by atoms with Crippen LogP contribution in [0.3, 0.4) is 0 Å². The zero-order valence-corrected chi connectivity index (χ0v) is 19.3. The van der Waals surface area contributed by atoms with Gasteiger partial charge < -0.3 is 25.8 Å². The molecule has 2 heterocycles. The van der Waals surface area contributed by atoms with Crippen molar-refractivity contribution in [3.63, 3.8) is 0 Å². The maximum Gasteiger partial charge on any atom is 0.119 e. The largest absolute Gasteiger partial charge is 0.497 e.